The van der Waals surface area contributed by atoms with Gasteiger partial charge in [-0.2, -0.15) is 13.2 Å². The first-order chi connectivity index (χ1) is 13.4. The summed E-state index contributed by atoms with van der Waals surface area (Å²) in [6.45, 7) is 3.65. The highest BCUT2D eigenvalue weighted by Crippen LogP contribution is 2.31. The standard InChI is InChI=1S/C20H19F3N2O3S/c1-3-14-10-13(4-9-18(14)25-29(2,27)28)11-16(12-19(24)26)15-5-7-17(8-6-15)20(21,22)23/h3-10,12,25H,1,11H2,2H3,(H2,24,26). The highest BCUT2D eigenvalue weighted by atomic mass is 32.2. The van der Waals surface area contributed by atoms with Gasteiger partial charge >= 0.3 is 6.18 Å². The summed E-state index contributed by atoms with van der Waals surface area (Å²) in [4.78, 5) is 11.4. The van der Waals surface area contributed by atoms with E-state index < -0.39 is 27.7 Å². The van der Waals surface area contributed by atoms with Crippen molar-refractivity contribution in [1.82, 2.24) is 0 Å². The van der Waals surface area contributed by atoms with Crippen molar-refractivity contribution in [2.24, 2.45) is 5.73 Å². The van der Waals surface area contributed by atoms with E-state index in [9.17, 15) is 26.4 Å². The third-order valence-corrected chi connectivity index (χ3v) is 4.52. The second-order valence-electron chi connectivity index (χ2n) is 6.32. The number of rotatable bonds is 7. The van der Waals surface area contributed by atoms with Crippen molar-refractivity contribution < 1.29 is 26.4 Å². The zero-order valence-electron chi connectivity index (χ0n) is 15.5. The molecule has 0 bridgehead atoms. The van der Waals surface area contributed by atoms with Crippen LogP contribution in [-0.4, -0.2) is 20.6 Å². The van der Waals surface area contributed by atoms with Gasteiger partial charge in [0.1, 0.15) is 0 Å². The lowest BCUT2D eigenvalue weighted by molar-refractivity contribution is -0.137. The van der Waals surface area contributed by atoms with E-state index in [1.165, 1.54) is 18.2 Å². The fourth-order valence-electron chi connectivity index (χ4n) is 2.69. The number of allylic oxidation sites excluding steroid dienone is 1. The normalized spacial score (nSPS) is 12.5. The van der Waals surface area contributed by atoms with Gasteiger partial charge in [0.15, 0.2) is 0 Å². The van der Waals surface area contributed by atoms with Gasteiger partial charge < -0.3 is 5.73 Å². The van der Waals surface area contributed by atoms with Gasteiger partial charge in [0, 0.05) is 6.08 Å². The summed E-state index contributed by atoms with van der Waals surface area (Å²) in [5, 5.41) is 0. The first-order valence-electron chi connectivity index (χ1n) is 8.30. The number of anilines is 1. The monoisotopic (exact) mass is 424 g/mol. The largest absolute Gasteiger partial charge is 0.416 e. The predicted octanol–water partition coefficient (Wildman–Crippen LogP) is 3.83. The van der Waals surface area contributed by atoms with Crippen LogP contribution in [0.15, 0.2) is 55.1 Å². The Balaban J connectivity index is 2.39. The average Bonchev–Trinajstić information content (AvgIpc) is 2.60. The van der Waals surface area contributed by atoms with Gasteiger partial charge in [-0.1, -0.05) is 30.9 Å². The first kappa shape index (κ1) is 22.2. The van der Waals surface area contributed by atoms with E-state index in [2.05, 4.69) is 11.3 Å². The molecule has 0 saturated carbocycles. The molecule has 0 atom stereocenters. The molecule has 2 aromatic rings. The summed E-state index contributed by atoms with van der Waals surface area (Å²) in [7, 11) is -3.48. The number of alkyl halides is 3. The highest BCUT2D eigenvalue weighted by molar-refractivity contribution is 7.92. The van der Waals surface area contributed by atoms with Crippen molar-refractivity contribution in [3.05, 3.63) is 77.4 Å². The summed E-state index contributed by atoms with van der Waals surface area (Å²) in [6.07, 6.45) is -0.640. The number of hydrogen-bond acceptors (Lipinski definition) is 3. The van der Waals surface area contributed by atoms with E-state index in [0.717, 1.165) is 24.5 Å². The third kappa shape index (κ3) is 6.49. The van der Waals surface area contributed by atoms with Crippen LogP contribution in [0.3, 0.4) is 0 Å². The highest BCUT2D eigenvalue weighted by Gasteiger charge is 2.30. The molecule has 0 spiro atoms. The number of sulfonamides is 1. The van der Waals surface area contributed by atoms with Crippen molar-refractivity contribution in [3.63, 3.8) is 0 Å². The number of halogens is 3. The molecule has 1 amide bonds. The summed E-state index contributed by atoms with van der Waals surface area (Å²) >= 11 is 0. The number of hydrogen-bond donors (Lipinski definition) is 2. The molecule has 0 saturated heterocycles. The van der Waals surface area contributed by atoms with Gasteiger partial charge in [-0.05, 0) is 52.9 Å². The van der Waals surface area contributed by atoms with E-state index in [1.54, 1.807) is 18.2 Å². The predicted molar refractivity (Wildman–Crippen MR) is 107 cm³/mol. The minimum Gasteiger partial charge on any atom is -0.366 e. The van der Waals surface area contributed by atoms with E-state index in [-0.39, 0.29) is 6.42 Å². The van der Waals surface area contributed by atoms with Gasteiger partial charge in [-0.15, -0.1) is 0 Å². The Morgan fingerprint density at radius 2 is 1.79 bits per heavy atom. The average molecular weight is 424 g/mol. The van der Waals surface area contributed by atoms with E-state index in [1.807, 2.05) is 0 Å². The van der Waals surface area contributed by atoms with E-state index in [4.69, 9.17) is 5.73 Å². The second kappa shape index (κ2) is 8.52. The van der Waals surface area contributed by atoms with Crippen LogP contribution in [-0.2, 0) is 27.4 Å². The molecule has 3 N–H and O–H groups in total. The molecule has 0 unspecified atom stereocenters. The number of carbonyl (C=O) groups is 1. The number of nitrogens with two attached hydrogens (primary N) is 1. The SMILES string of the molecule is C=Cc1cc(CC(=CC(N)=O)c2ccc(C(F)(F)F)cc2)ccc1NS(C)(=O)=O. The molecule has 154 valence electrons. The molecule has 9 heteroatoms. The zero-order valence-corrected chi connectivity index (χ0v) is 16.3. The van der Waals surface area contributed by atoms with Crippen LogP contribution >= 0.6 is 0 Å². The number of benzene rings is 2. The van der Waals surface area contributed by atoms with Crippen LogP contribution in [0.5, 0.6) is 0 Å². The molecule has 5 nitrogen and oxygen atoms in total. The Kier molecular flexibility index (Phi) is 6.53. The minimum atomic E-state index is -4.46. The molecule has 0 aromatic heterocycles. The maximum Gasteiger partial charge on any atom is 0.416 e. The molecule has 0 aliphatic carbocycles. The molecule has 29 heavy (non-hydrogen) atoms. The van der Waals surface area contributed by atoms with E-state index >= 15 is 0 Å². The van der Waals surface area contributed by atoms with Crippen molar-refractivity contribution in [3.8, 4) is 0 Å². The zero-order chi connectivity index (χ0) is 21.8. The van der Waals surface area contributed by atoms with Crippen LogP contribution in [0.2, 0.25) is 0 Å². The number of carbonyl (C=O) groups excluding carboxylic acids is 1. The summed E-state index contributed by atoms with van der Waals surface area (Å²) < 4.78 is 63.6. The Morgan fingerprint density at radius 3 is 2.28 bits per heavy atom. The second-order valence-corrected chi connectivity index (χ2v) is 8.07. The molecule has 0 radical (unpaired) electrons. The van der Waals surface area contributed by atoms with Gasteiger partial charge in [0.05, 0.1) is 17.5 Å². The Bertz CT molecular complexity index is 1060. The molecule has 0 fully saturated rings. The number of amides is 1. The van der Waals surface area contributed by atoms with Gasteiger partial charge in [-0.25, -0.2) is 8.42 Å². The Morgan fingerprint density at radius 1 is 1.17 bits per heavy atom. The fourth-order valence-corrected chi connectivity index (χ4v) is 3.27. The van der Waals surface area contributed by atoms with Gasteiger partial charge in [-0.3, -0.25) is 9.52 Å². The van der Waals surface area contributed by atoms with Crippen molar-refractivity contribution in [2.75, 3.05) is 11.0 Å². The van der Waals surface area contributed by atoms with Crippen molar-refractivity contribution in [1.29, 1.82) is 0 Å². The lowest BCUT2D eigenvalue weighted by Crippen LogP contribution is -2.11. The van der Waals surface area contributed by atoms with Crippen LogP contribution in [0, 0.1) is 0 Å². The quantitative estimate of drug-likeness (QED) is 0.662. The maximum atomic E-state index is 12.8. The molecular weight excluding hydrogens is 405 g/mol. The molecular formula is C20H19F3N2O3S. The lowest BCUT2D eigenvalue weighted by Gasteiger charge is -2.13. The first-order valence-corrected chi connectivity index (χ1v) is 10.2. The molecule has 2 rings (SSSR count). The topological polar surface area (TPSA) is 89.3 Å². The van der Waals surface area contributed by atoms with Gasteiger partial charge in [0.25, 0.3) is 0 Å². The number of primary amides is 1. The summed E-state index contributed by atoms with van der Waals surface area (Å²) in [6, 6.07) is 9.25. The van der Waals surface area contributed by atoms with Crippen LogP contribution in [0.4, 0.5) is 18.9 Å². The lowest BCUT2D eigenvalue weighted by atomic mass is 9.95. The third-order valence-electron chi connectivity index (χ3n) is 3.93. The summed E-state index contributed by atoms with van der Waals surface area (Å²) in [5.41, 5.74) is 6.81. The molecule has 2 aromatic carbocycles. The van der Waals surface area contributed by atoms with Gasteiger partial charge in [0.2, 0.25) is 15.9 Å². The minimum absolute atomic E-state index is 0.189. The number of nitrogens with one attached hydrogen (secondary N) is 1. The van der Waals surface area contributed by atoms with Crippen LogP contribution in [0.25, 0.3) is 11.6 Å². The van der Waals surface area contributed by atoms with Crippen LogP contribution in [0.1, 0.15) is 22.3 Å². The Labute approximate surface area is 166 Å². The fraction of sp³-hybridized carbons (Fsp3) is 0.150. The van der Waals surface area contributed by atoms with E-state index in [0.29, 0.717) is 28.0 Å². The molecule has 0 aliphatic rings. The Hall–Kier alpha value is -3.07. The summed E-state index contributed by atoms with van der Waals surface area (Å²) in [5.74, 6) is -0.737. The van der Waals surface area contributed by atoms with Crippen molar-refractivity contribution in [2.45, 2.75) is 12.6 Å². The maximum absolute atomic E-state index is 12.8. The van der Waals surface area contributed by atoms with Crippen LogP contribution < -0.4 is 10.5 Å². The van der Waals surface area contributed by atoms with Crippen molar-refractivity contribution >= 4 is 33.3 Å². The smallest absolute Gasteiger partial charge is 0.366 e. The molecule has 0 aliphatic heterocycles. The molecule has 0 heterocycles.